The number of aryl methyl sites for hydroxylation is 2. The molecule has 3 nitrogen and oxygen atoms in total. The molecule has 0 saturated carbocycles. The molecule has 0 fully saturated rings. The highest BCUT2D eigenvalue weighted by molar-refractivity contribution is 6.27. The molecule has 0 N–H and O–H groups in total. The number of methoxy groups -OCH3 is 1. The second kappa shape index (κ2) is 9.62. The van der Waals surface area contributed by atoms with E-state index in [9.17, 15) is 0 Å². The van der Waals surface area contributed by atoms with Gasteiger partial charge < -0.3 is 13.6 Å². The molecule has 3 heteroatoms. The van der Waals surface area contributed by atoms with Crippen LogP contribution >= 0.6 is 0 Å². The molecular weight excluding hydrogens is 564 g/mol. The minimum absolute atomic E-state index is 0.0608. The summed E-state index contributed by atoms with van der Waals surface area (Å²) in [6.45, 7) is 17.9. The number of hydrogen-bond acceptors (Lipinski definition) is 3. The average Bonchev–Trinajstić information content (AvgIpc) is 3.00. The van der Waals surface area contributed by atoms with Crippen molar-refractivity contribution < 1.29 is 13.6 Å². The normalized spacial score (nSPS) is 12.9. The van der Waals surface area contributed by atoms with Crippen molar-refractivity contribution in [2.24, 2.45) is 0 Å². The van der Waals surface area contributed by atoms with Gasteiger partial charge in [0.05, 0.1) is 7.11 Å². The van der Waals surface area contributed by atoms with Crippen molar-refractivity contribution in [3.05, 3.63) is 101 Å². The minimum atomic E-state index is -0.0674. The molecule has 6 aromatic rings. The first-order valence-corrected chi connectivity index (χ1v) is 16.2. The first-order valence-electron chi connectivity index (χ1n) is 16.2. The molecule has 0 saturated heterocycles. The fourth-order valence-corrected chi connectivity index (χ4v) is 7.28. The Kier molecular flexibility index (Phi) is 6.00. The standard InChI is InChI=1S/C43H40O3/c1-23-14-24(2)16-26(15-23)31-22-37-41-39-33(31)18-28(43(6,7)8)20-35(39)45-36-21-30(25-10-12-29(44-9)13-11-25)32-17-27(42(3,4)5)19-34(46-37)38(32)40(36)41/h10-22H,1-9H3. The number of rotatable bonds is 3. The molecule has 0 aliphatic carbocycles. The Hall–Kier alpha value is -4.76. The average molecular weight is 605 g/mol. The number of ether oxygens (including phenoxy) is 1. The van der Waals surface area contributed by atoms with Crippen molar-refractivity contribution in [1.29, 1.82) is 0 Å². The van der Waals surface area contributed by atoms with Crippen molar-refractivity contribution in [3.8, 4) is 39.1 Å². The maximum absolute atomic E-state index is 7.05. The Morgan fingerprint density at radius 2 is 0.957 bits per heavy atom. The Balaban J connectivity index is 1.59. The predicted molar refractivity (Wildman–Crippen MR) is 193 cm³/mol. The molecule has 0 atom stereocenters. The highest BCUT2D eigenvalue weighted by Gasteiger charge is 2.30. The monoisotopic (exact) mass is 604 g/mol. The summed E-state index contributed by atoms with van der Waals surface area (Å²) < 4.78 is 19.6. The smallest absolute Gasteiger partial charge is 0.136 e. The molecule has 0 bridgehead atoms. The third-order valence-electron chi connectivity index (χ3n) is 9.68. The summed E-state index contributed by atoms with van der Waals surface area (Å²) in [7, 11) is 1.70. The molecule has 0 unspecified atom stereocenters. The zero-order valence-electron chi connectivity index (χ0n) is 28.2. The largest absolute Gasteiger partial charge is 0.497 e. The molecule has 0 aromatic heterocycles. The van der Waals surface area contributed by atoms with Gasteiger partial charge in [-0.3, -0.25) is 0 Å². The summed E-state index contributed by atoms with van der Waals surface area (Å²) in [6, 6.07) is 28.8. The SMILES string of the molecule is COc1ccc(-c2cc3oc4cc(C(C)(C)C)cc5c(-c6cc(C)cc(C)c6)cc6oc7cc(C(C)(C)C)cc2c7c3-c6c45)cc1. The molecule has 0 radical (unpaired) electrons. The Morgan fingerprint density at radius 3 is 1.39 bits per heavy atom. The second-order valence-electron chi connectivity index (χ2n) is 15.2. The summed E-state index contributed by atoms with van der Waals surface area (Å²) in [6.07, 6.45) is 0. The van der Waals surface area contributed by atoms with Crippen LogP contribution in [0, 0.1) is 13.8 Å². The third-order valence-corrected chi connectivity index (χ3v) is 9.68. The molecular formula is C43H40O3. The Bertz CT molecular complexity index is 2400. The van der Waals surface area contributed by atoms with Gasteiger partial charge >= 0.3 is 0 Å². The van der Waals surface area contributed by atoms with E-state index >= 15 is 0 Å². The van der Waals surface area contributed by atoms with E-state index in [4.69, 9.17) is 13.6 Å². The summed E-state index contributed by atoms with van der Waals surface area (Å²) in [4.78, 5) is 0. The molecule has 230 valence electrons. The molecule has 8 rings (SSSR count). The van der Waals surface area contributed by atoms with E-state index in [2.05, 4.69) is 122 Å². The quantitative estimate of drug-likeness (QED) is 0.149. The second-order valence-corrected chi connectivity index (χ2v) is 15.2. The molecule has 6 aromatic carbocycles. The first kappa shape index (κ1) is 28.7. The van der Waals surface area contributed by atoms with Gasteiger partial charge in [0.25, 0.3) is 0 Å². The number of hydrogen-bond donors (Lipinski definition) is 0. The van der Waals surface area contributed by atoms with Crippen LogP contribution in [0.15, 0.2) is 87.7 Å². The van der Waals surface area contributed by atoms with E-state index in [0.717, 1.165) is 61.1 Å². The zero-order valence-corrected chi connectivity index (χ0v) is 28.2. The van der Waals surface area contributed by atoms with Crippen molar-refractivity contribution in [3.63, 3.8) is 0 Å². The fourth-order valence-electron chi connectivity index (χ4n) is 7.28. The van der Waals surface area contributed by atoms with Gasteiger partial charge in [0.2, 0.25) is 0 Å². The fraction of sp³-hybridized carbons (Fsp3) is 0.256. The van der Waals surface area contributed by atoms with Crippen molar-refractivity contribution in [1.82, 2.24) is 0 Å². The number of benzene rings is 6. The molecule has 46 heavy (non-hydrogen) atoms. The predicted octanol–water partition coefficient (Wildman–Crippen LogP) is 12.6. The van der Waals surface area contributed by atoms with Gasteiger partial charge in [-0.25, -0.2) is 0 Å². The highest BCUT2D eigenvalue weighted by atomic mass is 16.5. The van der Waals surface area contributed by atoms with Gasteiger partial charge in [-0.2, -0.15) is 0 Å². The van der Waals surface area contributed by atoms with Crippen LogP contribution in [-0.4, -0.2) is 7.11 Å². The van der Waals surface area contributed by atoms with Crippen LogP contribution in [0.5, 0.6) is 5.75 Å². The topological polar surface area (TPSA) is 35.5 Å². The lowest BCUT2D eigenvalue weighted by atomic mass is 9.80. The maximum atomic E-state index is 7.05. The third kappa shape index (κ3) is 4.32. The van der Waals surface area contributed by atoms with E-state index in [1.54, 1.807) is 7.11 Å². The van der Waals surface area contributed by atoms with Crippen molar-refractivity contribution in [2.75, 3.05) is 7.11 Å². The van der Waals surface area contributed by atoms with E-state index < -0.39 is 0 Å². The Morgan fingerprint density at radius 1 is 0.500 bits per heavy atom. The van der Waals surface area contributed by atoms with Crippen LogP contribution in [0.2, 0.25) is 0 Å². The maximum Gasteiger partial charge on any atom is 0.136 e. The van der Waals surface area contributed by atoms with Gasteiger partial charge in [0.1, 0.15) is 28.1 Å². The van der Waals surface area contributed by atoms with Crippen molar-refractivity contribution in [2.45, 2.75) is 66.2 Å². The van der Waals surface area contributed by atoms with E-state index in [1.807, 2.05) is 12.1 Å². The van der Waals surface area contributed by atoms with Gasteiger partial charge in [-0.05, 0) is 117 Å². The molecule has 2 heterocycles. The van der Waals surface area contributed by atoms with Gasteiger partial charge in [-0.15, -0.1) is 0 Å². The van der Waals surface area contributed by atoms with E-state index in [0.29, 0.717) is 0 Å². The summed E-state index contributed by atoms with van der Waals surface area (Å²) in [5.74, 6) is 0.836. The molecule has 0 amide bonds. The lowest BCUT2D eigenvalue weighted by molar-refractivity contribution is 0.415. The van der Waals surface area contributed by atoms with E-state index in [-0.39, 0.29) is 10.8 Å². The Labute approximate surface area is 270 Å². The summed E-state index contributed by atoms with van der Waals surface area (Å²) in [5, 5.41) is 4.59. The van der Waals surface area contributed by atoms with Crippen LogP contribution in [0.3, 0.4) is 0 Å². The van der Waals surface area contributed by atoms with Crippen LogP contribution in [0.1, 0.15) is 63.8 Å². The summed E-state index contributed by atoms with van der Waals surface area (Å²) >= 11 is 0. The highest BCUT2D eigenvalue weighted by Crippen LogP contribution is 2.53. The minimum Gasteiger partial charge on any atom is -0.497 e. The van der Waals surface area contributed by atoms with E-state index in [1.165, 1.54) is 44.2 Å². The van der Waals surface area contributed by atoms with Gasteiger partial charge in [0, 0.05) is 21.9 Å². The summed E-state index contributed by atoms with van der Waals surface area (Å²) in [5.41, 5.74) is 15.2. The lowest BCUT2D eigenvalue weighted by Gasteiger charge is -2.27. The van der Waals surface area contributed by atoms with Crippen LogP contribution in [0.4, 0.5) is 0 Å². The lowest BCUT2D eigenvalue weighted by Crippen LogP contribution is -2.12. The van der Waals surface area contributed by atoms with Gasteiger partial charge in [-0.1, -0.05) is 83.0 Å². The molecule has 2 aliphatic rings. The first-order chi connectivity index (χ1) is 21.8. The van der Waals surface area contributed by atoms with Crippen LogP contribution in [-0.2, 0) is 10.8 Å². The molecule has 2 aliphatic heterocycles. The van der Waals surface area contributed by atoms with Crippen molar-refractivity contribution >= 4 is 43.9 Å². The van der Waals surface area contributed by atoms with Crippen LogP contribution in [0.25, 0.3) is 77.3 Å². The molecule has 0 spiro atoms. The zero-order chi connectivity index (χ0) is 32.3. The van der Waals surface area contributed by atoms with Crippen LogP contribution < -0.4 is 4.74 Å². The van der Waals surface area contributed by atoms with Gasteiger partial charge in [0.15, 0.2) is 0 Å².